The maximum atomic E-state index is 12.0. The Hall–Kier alpha value is -3.22. The van der Waals surface area contributed by atoms with Crippen LogP contribution in [0.1, 0.15) is 12.0 Å². The normalized spacial score (nSPS) is 10.0. The van der Waals surface area contributed by atoms with Crippen molar-refractivity contribution in [3.63, 3.8) is 0 Å². The van der Waals surface area contributed by atoms with E-state index in [1.807, 2.05) is 24.3 Å². The summed E-state index contributed by atoms with van der Waals surface area (Å²) in [5.74, 6) is 1.08. The zero-order chi connectivity index (χ0) is 19.6. The molecule has 0 aliphatic carbocycles. The molecule has 2 aromatic carbocycles. The standard InChI is InChI=1S/C20H24N2O5/c1-25-16-7-5-4-6-14(16)10-11-21-19(23)13-20(24)22-15-8-9-17(26-2)18(12-15)27-3/h4-9,12H,10-11,13H2,1-3H3,(H,21,23)(H,22,24). The first-order valence-corrected chi connectivity index (χ1v) is 8.47. The smallest absolute Gasteiger partial charge is 0.233 e. The van der Waals surface area contributed by atoms with Crippen molar-refractivity contribution in [1.29, 1.82) is 0 Å². The van der Waals surface area contributed by atoms with Gasteiger partial charge in [0, 0.05) is 18.3 Å². The molecule has 0 unspecified atom stereocenters. The van der Waals surface area contributed by atoms with E-state index < -0.39 is 5.91 Å². The average Bonchev–Trinajstić information content (AvgIpc) is 2.68. The number of carbonyl (C=O) groups is 2. The van der Waals surface area contributed by atoms with Crippen LogP contribution in [0.3, 0.4) is 0 Å². The highest BCUT2D eigenvalue weighted by Gasteiger charge is 2.11. The van der Waals surface area contributed by atoms with E-state index in [2.05, 4.69) is 10.6 Å². The van der Waals surface area contributed by atoms with E-state index in [0.29, 0.717) is 30.2 Å². The molecule has 2 rings (SSSR count). The first-order chi connectivity index (χ1) is 13.1. The fourth-order valence-electron chi connectivity index (χ4n) is 2.57. The number of para-hydroxylation sites is 1. The Labute approximate surface area is 158 Å². The molecule has 7 nitrogen and oxygen atoms in total. The molecule has 0 heterocycles. The van der Waals surface area contributed by atoms with Crippen LogP contribution in [0.5, 0.6) is 17.2 Å². The van der Waals surface area contributed by atoms with Crippen LogP contribution in [0.25, 0.3) is 0 Å². The third-order valence-corrected chi connectivity index (χ3v) is 3.90. The second-order valence-corrected chi connectivity index (χ2v) is 5.71. The molecular weight excluding hydrogens is 348 g/mol. The maximum absolute atomic E-state index is 12.0. The number of hydrogen-bond donors (Lipinski definition) is 2. The summed E-state index contributed by atoms with van der Waals surface area (Å²) in [6, 6.07) is 12.6. The van der Waals surface area contributed by atoms with Gasteiger partial charge in [-0.25, -0.2) is 0 Å². The molecule has 7 heteroatoms. The number of hydrogen-bond acceptors (Lipinski definition) is 5. The molecule has 0 fully saturated rings. The summed E-state index contributed by atoms with van der Waals surface area (Å²) in [5.41, 5.74) is 1.52. The number of anilines is 1. The number of ether oxygens (including phenoxy) is 3. The molecule has 27 heavy (non-hydrogen) atoms. The lowest BCUT2D eigenvalue weighted by Crippen LogP contribution is -2.29. The fraction of sp³-hybridized carbons (Fsp3) is 0.300. The van der Waals surface area contributed by atoms with E-state index in [1.165, 1.54) is 14.2 Å². The molecule has 2 N–H and O–H groups in total. The van der Waals surface area contributed by atoms with E-state index in [4.69, 9.17) is 14.2 Å². The molecule has 0 spiro atoms. The molecule has 2 amide bonds. The van der Waals surface area contributed by atoms with Crippen molar-refractivity contribution in [3.05, 3.63) is 48.0 Å². The summed E-state index contributed by atoms with van der Waals surface area (Å²) in [6.45, 7) is 0.419. The Bertz CT molecular complexity index is 792. The van der Waals surface area contributed by atoms with Gasteiger partial charge in [0.05, 0.1) is 21.3 Å². The summed E-state index contributed by atoms with van der Waals surface area (Å²) in [4.78, 5) is 24.0. The second kappa shape index (κ2) is 10.1. The van der Waals surface area contributed by atoms with Crippen LogP contribution in [0.2, 0.25) is 0 Å². The molecule has 144 valence electrons. The minimum atomic E-state index is -0.406. The molecule has 0 aliphatic heterocycles. The van der Waals surface area contributed by atoms with Crippen LogP contribution in [-0.2, 0) is 16.0 Å². The number of carbonyl (C=O) groups excluding carboxylic acids is 2. The quantitative estimate of drug-likeness (QED) is 0.660. The van der Waals surface area contributed by atoms with Crippen LogP contribution >= 0.6 is 0 Å². The van der Waals surface area contributed by atoms with Gasteiger partial charge in [-0.2, -0.15) is 0 Å². The van der Waals surface area contributed by atoms with Crippen LogP contribution in [0, 0.1) is 0 Å². The Balaban J connectivity index is 1.81. The van der Waals surface area contributed by atoms with Crippen molar-refractivity contribution in [2.75, 3.05) is 33.2 Å². The minimum absolute atomic E-state index is 0.264. The lowest BCUT2D eigenvalue weighted by molar-refractivity contribution is -0.126. The van der Waals surface area contributed by atoms with E-state index in [-0.39, 0.29) is 12.3 Å². The topological polar surface area (TPSA) is 85.9 Å². The molecule has 0 aromatic heterocycles. The highest BCUT2D eigenvalue weighted by Crippen LogP contribution is 2.29. The van der Waals surface area contributed by atoms with Gasteiger partial charge >= 0.3 is 0 Å². The van der Waals surface area contributed by atoms with Gasteiger partial charge in [-0.15, -0.1) is 0 Å². The monoisotopic (exact) mass is 372 g/mol. The van der Waals surface area contributed by atoms with Gasteiger partial charge in [-0.05, 0) is 30.2 Å². The maximum Gasteiger partial charge on any atom is 0.233 e. The van der Waals surface area contributed by atoms with Crippen LogP contribution in [0.4, 0.5) is 5.69 Å². The van der Waals surface area contributed by atoms with Gasteiger partial charge in [-0.1, -0.05) is 18.2 Å². The van der Waals surface area contributed by atoms with Crippen molar-refractivity contribution in [2.45, 2.75) is 12.8 Å². The SMILES string of the molecule is COc1ccccc1CCNC(=O)CC(=O)Nc1ccc(OC)c(OC)c1. The zero-order valence-electron chi connectivity index (χ0n) is 15.7. The van der Waals surface area contributed by atoms with E-state index >= 15 is 0 Å². The van der Waals surface area contributed by atoms with Crippen molar-refractivity contribution in [3.8, 4) is 17.2 Å². The highest BCUT2D eigenvalue weighted by molar-refractivity contribution is 6.03. The van der Waals surface area contributed by atoms with Gasteiger partial charge in [0.15, 0.2) is 11.5 Å². The van der Waals surface area contributed by atoms with Crippen LogP contribution < -0.4 is 24.8 Å². The zero-order valence-corrected chi connectivity index (χ0v) is 15.7. The Kier molecular flexibility index (Phi) is 7.49. The largest absolute Gasteiger partial charge is 0.496 e. The minimum Gasteiger partial charge on any atom is -0.496 e. The van der Waals surface area contributed by atoms with Gasteiger partial charge in [-0.3, -0.25) is 9.59 Å². The fourth-order valence-corrected chi connectivity index (χ4v) is 2.57. The molecule has 0 atom stereocenters. The lowest BCUT2D eigenvalue weighted by Gasteiger charge is -2.11. The Morgan fingerprint density at radius 1 is 0.852 bits per heavy atom. The Morgan fingerprint density at radius 2 is 1.56 bits per heavy atom. The van der Waals surface area contributed by atoms with E-state index in [0.717, 1.165) is 11.3 Å². The van der Waals surface area contributed by atoms with Gasteiger partial charge in [0.2, 0.25) is 11.8 Å². The summed E-state index contributed by atoms with van der Waals surface area (Å²) in [5, 5.41) is 5.41. The number of methoxy groups -OCH3 is 3. The van der Waals surface area contributed by atoms with Gasteiger partial charge in [0.1, 0.15) is 12.2 Å². The molecular formula is C20H24N2O5. The van der Waals surface area contributed by atoms with Crippen molar-refractivity contribution >= 4 is 17.5 Å². The van der Waals surface area contributed by atoms with Gasteiger partial charge < -0.3 is 24.8 Å². The third kappa shape index (κ3) is 5.91. The molecule has 2 aromatic rings. The van der Waals surface area contributed by atoms with E-state index in [9.17, 15) is 9.59 Å². The molecule has 0 radical (unpaired) electrons. The van der Waals surface area contributed by atoms with E-state index in [1.54, 1.807) is 25.3 Å². The molecule has 0 aliphatic rings. The average molecular weight is 372 g/mol. The van der Waals surface area contributed by atoms with Crippen LogP contribution in [0.15, 0.2) is 42.5 Å². The van der Waals surface area contributed by atoms with Crippen molar-refractivity contribution in [1.82, 2.24) is 5.32 Å². The first kappa shape index (κ1) is 20.1. The summed E-state index contributed by atoms with van der Waals surface area (Å²) in [6.07, 6.45) is 0.354. The first-order valence-electron chi connectivity index (χ1n) is 8.47. The Morgan fingerprint density at radius 3 is 2.26 bits per heavy atom. The van der Waals surface area contributed by atoms with Crippen molar-refractivity contribution in [2.24, 2.45) is 0 Å². The molecule has 0 bridgehead atoms. The number of rotatable bonds is 9. The predicted molar refractivity (Wildman–Crippen MR) is 103 cm³/mol. The predicted octanol–water partition coefficient (Wildman–Crippen LogP) is 2.40. The third-order valence-electron chi connectivity index (χ3n) is 3.90. The second-order valence-electron chi connectivity index (χ2n) is 5.71. The molecule has 0 saturated carbocycles. The highest BCUT2D eigenvalue weighted by atomic mass is 16.5. The number of amides is 2. The van der Waals surface area contributed by atoms with Crippen LogP contribution in [-0.4, -0.2) is 39.7 Å². The summed E-state index contributed by atoms with van der Waals surface area (Å²) in [7, 11) is 4.65. The number of benzene rings is 2. The van der Waals surface area contributed by atoms with Crippen molar-refractivity contribution < 1.29 is 23.8 Å². The number of nitrogens with one attached hydrogen (secondary N) is 2. The molecule has 0 saturated heterocycles. The summed E-state index contributed by atoms with van der Waals surface area (Å²) >= 11 is 0. The van der Waals surface area contributed by atoms with Gasteiger partial charge in [0.25, 0.3) is 0 Å². The lowest BCUT2D eigenvalue weighted by atomic mass is 10.1. The summed E-state index contributed by atoms with van der Waals surface area (Å²) < 4.78 is 15.6.